The molecule has 1 aromatic carbocycles. The highest BCUT2D eigenvalue weighted by atomic mass is 16.5. The van der Waals surface area contributed by atoms with Crippen LogP contribution < -0.4 is 10.2 Å². The van der Waals surface area contributed by atoms with E-state index >= 15 is 0 Å². The number of pyridine rings is 1. The van der Waals surface area contributed by atoms with E-state index in [1.54, 1.807) is 0 Å². The maximum Gasteiger partial charge on any atom is 0.228 e. The van der Waals surface area contributed by atoms with Crippen LogP contribution in [-0.4, -0.2) is 50.8 Å². The Morgan fingerprint density at radius 3 is 2.73 bits per heavy atom. The number of imidazole rings is 1. The Kier molecular flexibility index (Phi) is 4.05. The first-order valence-electron chi connectivity index (χ1n) is 10.4. The van der Waals surface area contributed by atoms with Crippen molar-refractivity contribution in [1.82, 2.24) is 24.5 Å². The largest absolute Gasteiger partial charge is 0.378 e. The number of aromatic nitrogens is 5. The van der Waals surface area contributed by atoms with Crippen molar-refractivity contribution < 1.29 is 4.74 Å². The number of benzene rings is 1. The van der Waals surface area contributed by atoms with Gasteiger partial charge in [-0.05, 0) is 43.5 Å². The lowest BCUT2D eigenvalue weighted by Crippen LogP contribution is -2.36. The third kappa shape index (κ3) is 3.04. The second-order valence-corrected chi connectivity index (χ2v) is 8.03. The summed E-state index contributed by atoms with van der Waals surface area (Å²) in [5, 5.41) is 4.30. The minimum absolute atomic E-state index is 0.545. The summed E-state index contributed by atoms with van der Waals surface area (Å²) in [4.78, 5) is 20.8. The number of nitrogens with zero attached hydrogens (tertiary/aromatic N) is 6. The topological polar surface area (TPSA) is 81.0 Å². The summed E-state index contributed by atoms with van der Waals surface area (Å²) in [6.45, 7) is 5.42. The summed E-state index contributed by atoms with van der Waals surface area (Å²) >= 11 is 0. The van der Waals surface area contributed by atoms with Crippen molar-refractivity contribution in [3.05, 3.63) is 42.5 Å². The van der Waals surface area contributed by atoms with E-state index < -0.39 is 0 Å². The van der Waals surface area contributed by atoms with Crippen LogP contribution in [0.15, 0.2) is 36.9 Å². The van der Waals surface area contributed by atoms with Gasteiger partial charge in [0.25, 0.3) is 0 Å². The monoisotopic (exact) mass is 401 g/mol. The van der Waals surface area contributed by atoms with Gasteiger partial charge in [0.1, 0.15) is 11.3 Å². The fourth-order valence-corrected chi connectivity index (χ4v) is 4.17. The summed E-state index contributed by atoms with van der Waals surface area (Å²) in [5.41, 5.74) is 5.31. The Bertz CT molecular complexity index is 1240. The van der Waals surface area contributed by atoms with Crippen LogP contribution in [0.25, 0.3) is 21.9 Å². The standard InChI is InChI=1S/C22H23N7O/c1-14-10-19(23-12-18(14)28-6-8-30-9-7-28)26-22-24-11-15-2-5-17-21(20(15)27-22)29(13-25-17)16-3-4-16/h2,5,10-13,16H,3-4,6-9H2,1H3,(H,23,24,26,27). The molecule has 4 aromatic rings. The molecule has 1 aliphatic carbocycles. The van der Waals surface area contributed by atoms with E-state index in [9.17, 15) is 0 Å². The fraction of sp³-hybridized carbons (Fsp3) is 0.364. The number of anilines is 3. The van der Waals surface area contributed by atoms with Crippen molar-refractivity contribution >= 4 is 39.4 Å². The van der Waals surface area contributed by atoms with Crippen molar-refractivity contribution in [1.29, 1.82) is 0 Å². The van der Waals surface area contributed by atoms with Crippen LogP contribution in [-0.2, 0) is 4.74 Å². The second-order valence-electron chi connectivity index (χ2n) is 8.03. The Hall–Kier alpha value is -3.26. The molecule has 0 unspecified atom stereocenters. The lowest BCUT2D eigenvalue weighted by Gasteiger charge is -2.29. The highest BCUT2D eigenvalue weighted by Gasteiger charge is 2.26. The third-order valence-electron chi connectivity index (χ3n) is 5.90. The predicted molar refractivity (Wildman–Crippen MR) is 116 cm³/mol. The van der Waals surface area contributed by atoms with Gasteiger partial charge in [0.2, 0.25) is 5.95 Å². The molecule has 152 valence electrons. The molecule has 0 amide bonds. The minimum Gasteiger partial charge on any atom is -0.378 e. The average Bonchev–Trinajstić information content (AvgIpc) is 3.52. The van der Waals surface area contributed by atoms with Crippen molar-refractivity contribution in [3.63, 3.8) is 0 Å². The summed E-state index contributed by atoms with van der Waals surface area (Å²) in [6.07, 6.45) is 8.13. The number of aryl methyl sites for hydroxylation is 1. The van der Waals surface area contributed by atoms with Gasteiger partial charge in [-0.15, -0.1) is 0 Å². The van der Waals surface area contributed by atoms with Gasteiger partial charge in [0.05, 0.1) is 42.5 Å². The molecule has 0 bridgehead atoms. The second kappa shape index (κ2) is 6.91. The van der Waals surface area contributed by atoms with E-state index in [4.69, 9.17) is 9.72 Å². The molecule has 30 heavy (non-hydrogen) atoms. The minimum atomic E-state index is 0.545. The molecule has 4 heterocycles. The first kappa shape index (κ1) is 17.6. The Morgan fingerprint density at radius 2 is 1.93 bits per heavy atom. The zero-order chi connectivity index (χ0) is 20.1. The van der Waals surface area contributed by atoms with Gasteiger partial charge in [-0.2, -0.15) is 0 Å². The maximum atomic E-state index is 5.45. The Labute approximate surface area is 173 Å². The van der Waals surface area contributed by atoms with Gasteiger partial charge in [-0.1, -0.05) is 0 Å². The summed E-state index contributed by atoms with van der Waals surface area (Å²) in [7, 11) is 0. The number of hydrogen-bond acceptors (Lipinski definition) is 7. The molecule has 0 radical (unpaired) electrons. The first-order chi connectivity index (χ1) is 14.8. The first-order valence-corrected chi connectivity index (χ1v) is 10.4. The van der Waals surface area contributed by atoms with Crippen LogP contribution >= 0.6 is 0 Å². The van der Waals surface area contributed by atoms with Gasteiger partial charge < -0.3 is 19.5 Å². The molecular weight excluding hydrogens is 378 g/mol. The van der Waals surface area contributed by atoms with Gasteiger partial charge >= 0.3 is 0 Å². The van der Waals surface area contributed by atoms with E-state index in [1.807, 2.05) is 36.9 Å². The molecule has 1 N–H and O–H groups in total. The van der Waals surface area contributed by atoms with Crippen LogP contribution in [0, 0.1) is 6.92 Å². The molecule has 1 aliphatic heterocycles. The fourth-order valence-electron chi connectivity index (χ4n) is 4.17. The smallest absolute Gasteiger partial charge is 0.228 e. The van der Waals surface area contributed by atoms with E-state index in [0.717, 1.165) is 59.7 Å². The van der Waals surface area contributed by atoms with Crippen LogP contribution in [0.5, 0.6) is 0 Å². The molecule has 2 aliphatic rings. The number of rotatable bonds is 4. The SMILES string of the molecule is Cc1cc(Nc2ncc3ccc4ncn(C5CC5)c4c3n2)ncc1N1CCOCC1. The van der Waals surface area contributed by atoms with E-state index in [2.05, 4.69) is 36.7 Å². The van der Waals surface area contributed by atoms with E-state index in [-0.39, 0.29) is 0 Å². The van der Waals surface area contributed by atoms with Crippen LogP contribution in [0.3, 0.4) is 0 Å². The van der Waals surface area contributed by atoms with E-state index in [0.29, 0.717) is 12.0 Å². The van der Waals surface area contributed by atoms with Gasteiger partial charge in [-0.3, -0.25) is 0 Å². The molecule has 8 heteroatoms. The number of nitrogens with one attached hydrogen (secondary N) is 1. The van der Waals surface area contributed by atoms with Crippen molar-refractivity contribution in [2.75, 3.05) is 36.5 Å². The number of hydrogen-bond donors (Lipinski definition) is 1. The van der Waals surface area contributed by atoms with Gasteiger partial charge in [0, 0.05) is 30.7 Å². The molecule has 2 fully saturated rings. The summed E-state index contributed by atoms with van der Waals surface area (Å²) in [6, 6.07) is 6.67. The van der Waals surface area contributed by atoms with Crippen LogP contribution in [0.1, 0.15) is 24.4 Å². The van der Waals surface area contributed by atoms with Crippen molar-refractivity contribution in [2.24, 2.45) is 0 Å². The number of morpholine rings is 1. The number of fused-ring (bicyclic) bond motifs is 3. The summed E-state index contributed by atoms with van der Waals surface area (Å²) < 4.78 is 7.71. The molecule has 0 spiro atoms. The van der Waals surface area contributed by atoms with Gasteiger partial charge in [0.15, 0.2) is 0 Å². The van der Waals surface area contributed by atoms with Crippen LogP contribution in [0.4, 0.5) is 17.5 Å². The number of ether oxygens (including phenoxy) is 1. The zero-order valence-corrected chi connectivity index (χ0v) is 16.9. The Morgan fingerprint density at radius 1 is 1.07 bits per heavy atom. The quantitative estimate of drug-likeness (QED) is 0.560. The normalized spacial score (nSPS) is 17.0. The molecule has 1 saturated carbocycles. The summed E-state index contributed by atoms with van der Waals surface area (Å²) in [5.74, 6) is 1.29. The van der Waals surface area contributed by atoms with Crippen LogP contribution in [0.2, 0.25) is 0 Å². The van der Waals surface area contributed by atoms with Crippen molar-refractivity contribution in [2.45, 2.75) is 25.8 Å². The highest BCUT2D eigenvalue weighted by Crippen LogP contribution is 2.38. The Balaban J connectivity index is 1.34. The van der Waals surface area contributed by atoms with Crippen molar-refractivity contribution in [3.8, 4) is 0 Å². The lowest BCUT2D eigenvalue weighted by atomic mass is 10.2. The zero-order valence-electron chi connectivity index (χ0n) is 16.9. The van der Waals surface area contributed by atoms with Gasteiger partial charge in [-0.25, -0.2) is 19.9 Å². The molecule has 0 atom stereocenters. The molecular formula is C22H23N7O. The molecule has 6 rings (SSSR count). The highest BCUT2D eigenvalue weighted by molar-refractivity contribution is 6.02. The predicted octanol–water partition coefficient (Wildman–Crippen LogP) is 3.60. The lowest BCUT2D eigenvalue weighted by molar-refractivity contribution is 0.122. The third-order valence-corrected chi connectivity index (χ3v) is 5.90. The molecule has 3 aromatic heterocycles. The average molecular weight is 401 g/mol. The van der Waals surface area contributed by atoms with E-state index in [1.165, 1.54) is 18.4 Å². The molecule has 1 saturated heterocycles. The maximum absolute atomic E-state index is 5.45. The molecule has 8 nitrogen and oxygen atoms in total.